The number of carbonyl (C=O) groups excluding carboxylic acids is 1. The maximum Gasteiger partial charge on any atom is 0.260 e. The van der Waals surface area contributed by atoms with Crippen LogP contribution in [0.5, 0.6) is 11.5 Å². The van der Waals surface area contributed by atoms with E-state index in [1.165, 1.54) is 0 Å². The fraction of sp³-hybridized carbons (Fsp3) is 0.304. The first-order valence-electron chi connectivity index (χ1n) is 9.96. The third-order valence-corrected chi connectivity index (χ3v) is 4.37. The first-order valence-corrected chi connectivity index (χ1v) is 9.96. The molecule has 0 atom stereocenters. The van der Waals surface area contributed by atoms with E-state index < -0.39 is 5.91 Å². The number of benzene rings is 1. The largest absolute Gasteiger partial charge is 0.490 e. The molecule has 0 saturated heterocycles. The molecule has 30 heavy (non-hydrogen) atoms. The monoisotopic (exact) mass is 407 g/mol. The topological polar surface area (TPSA) is 89.4 Å². The van der Waals surface area contributed by atoms with E-state index in [1.54, 1.807) is 42.1 Å². The van der Waals surface area contributed by atoms with Gasteiger partial charge in [0, 0.05) is 24.1 Å². The Bertz CT molecular complexity index is 1050. The average molecular weight is 407 g/mol. The molecule has 0 unspecified atom stereocenters. The van der Waals surface area contributed by atoms with Crippen LogP contribution in [0.2, 0.25) is 0 Å². The molecule has 7 nitrogen and oxygen atoms in total. The Kier molecular flexibility index (Phi) is 6.81. The van der Waals surface area contributed by atoms with Crippen LogP contribution in [0.3, 0.4) is 0 Å². The van der Waals surface area contributed by atoms with Crippen molar-refractivity contribution in [1.29, 1.82) is 5.26 Å². The lowest BCUT2D eigenvalue weighted by molar-refractivity contribution is 0.102. The molecule has 7 heteroatoms. The maximum absolute atomic E-state index is 13.0. The molecule has 0 aliphatic rings. The van der Waals surface area contributed by atoms with Crippen molar-refractivity contribution >= 4 is 11.6 Å². The second kappa shape index (κ2) is 9.70. The van der Waals surface area contributed by atoms with E-state index in [2.05, 4.69) is 11.4 Å². The third kappa shape index (κ3) is 4.49. The van der Waals surface area contributed by atoms with Gasteiger partial charge in [-0.25, -0.2) is 0 Å². The van der Waals surface area contributed by atoms with Crippen molar-refractivity contribution in [2.24, 2.45) is 0 Å². The number of amides is 1. The van der Waals surface area contributed by atoms with E-state index in [-0.39, 0.29) is 11.1 Å². The molecule has 0 fully saturated rings. The van der Waals surface area contributed by atoms with Crippen molar-refractivity contribution in [2.75, 3.05) is 18.5 Å². The van der Waals surface area contributed by atoms with E-state index in [0.717, 1.165) is 12.8 Å². The predicted octanol–water partition coefficient (Wildman–Crippen LogP) is 5.08. The normalized spacial score (nSPS) is 10.5. The molecule has 156 valence electrons. The van der Waals surface area contributed by atoms with Crippen LogP contribution in [-0.2, 0) is 0 Å². The van der Waals surface area contributed by atoms with Crippen LogP contribution >= 0.6 is 0 Å². The summed E-state index contributed by atoms with van der Waals surface area (Å²) in [4.78, 5) is 13.0. The summed E-state index contributed by atoms with van der Waals surface area (Å²) in [6.07, 6.45) is 5.25. The Morgan fingerprint density at radius 2 is 1.80 bits per heavy atom. The minimum Gasteiger partial charge on any atom is -0.490 e. The van der Waals surface area contributed by atoms with Crippen molar-refractivity contribution in [3.05, 3.63) is 59.6 Å². The van der Waals surface area contributed by atoms with Gasteiger partial charge >= 0.3 is 0 Å². The van der Waals surface area contributed by atoms with Crippen LogP contribution in [0.1, 0.15) is 48.4 Å². The van der Waals surface area contributed by atoms with Gasteiger partial charge in [-0.1, -0.05) is 13.8 Å². The molecular weight excluding hydrogens is 382 g/mol. The van der Waals surface area contributed by atoms with Gasteiger partial charge in [0.2, 0.25) is 5.88 Å². The zero-order valence-corrected chi connectivity index (χ0v) is 17.4. The summed E-state index contributed by atoms with van der Waals surface area (Å²) in [5.74, 6) is 1.48. The SMILES string of the molecule is CCCOc1ccc(NC(=O)c2c(C)oc(-n3cccc3)c2C#N)cc1OCCC. The Balaban J connectivity index is 1.88. The van der Waals surface area contributed by atoms with Crippen LogP contribution in [-0.4, -0.2) is 23.7 Å². The first kappa shape index (κ1) is 21.1. The van der Waals surface area contributed by atoms with E-state index in [0.29, 0.717) is 42.0 Å². The van der Waals surface area contributed by atoms with E-state index in [1.807, 2.05) is 26.0 Å². The van der Waals surface area contributed by atoms with Crippen LogP contribution < -0.4 is 14.8 Å². The first-order chi connectivity index (χ1) is 14.6. The highest BCUT2D eigenvalue weighted by Gasteiger charge is 2.25. The van der Waals surface area contributed by atoms with Gasteiger partial charge in [0.1, 0.15) is 23.0 Å². The average Bonchev–Trinajstić information content (AvgIpc) is 3.38. The predicted molar refractivity (Wildman–Crippen MR) is 113 cm³/mol. The number of carbonyl (C=O) groups is 1. The summed E-state index contributed by atoms with van der Waals surface area (Å²) in [6, 6.07) is 11.0. The van der Waals surface area contributed by atoms with Crippen LogP contribution in [0.4, 0.5) is 5.69 Å². The highest BCUT2D eigenvalue weighted by Crippen LogP contribution is 2.32. The van der Waals surface area contributed by atoms with Crippen LogP contribution in [0, 0.1) is 18.3 Å². The molecule has 3 rings (SSSR count). The number of hydrogen-bond acceptors (Lipinski definition) is 5. The molecule has 1 aromatic carbocycles. The Labute approximate surface area is 175 Å². The minimum absolute atomic E-state index is 0.187. The summed E-state index contributed by atoms with van der Waals surface area (Å²) >= 11 is 0. The minimum atomic E-state index is -0.421. The van der Waals surface area contributed by atoms with Gasteiger partial charge in [0.25, 0.3) is 5.91 Å². The summed E-state index contributed by atoms with van der Waals surface area (Å²) < 4.78 is 18.9. The number of aromatic nitrogens is 1. The lowest BCUT2D eigenvalue weighted by Crippen LogP contribution is -2.14. The second-order valence-corrected chi connectivity index (χ2v) is 6.73. The third-order valence-electron chi connectivity index (χ3n) is 4.37. The molecular formula is C23H25N3O4. The molecule has 0 aliphatic carbocycles. The van der Waals surface area contributed by atoms with Gasteiger partial charge in [-0.15, -0.1) is 0 Å². The number of aryl methyl sites for hydroxylation is 1. The molecule has 2 aromatic heterocycles. The number of nitriles is 1. The van der Waals surface area contributed by atoms with Gasteiger partial charge in [-0.05, 0) is 44.0 Å². The van der Waals surface area contributed by atoms with Crippen molar-refractivity contribution in [3.8, 4) is 23.5 Å². The highest BCUT2D eigenvalue weighted by atomic mass is 16.5. The van der Waals surface area contributed by atoms with Crippen molar-refractivity contribution in [2.45, 2.75) is 33.6 Å². The Hall–Kier alpha value is -3.66. The molecule has 0 bridgehead atoms. The number of nitrogens with one attached hydrogen (secondary N) is 1. The molecule has 0 radical (unpaired) electrons. The summed E-state index contributed by atoms with van der Waals surface area (Å²) in [7, 11) is 0. The van der Waals surface area contributed by atoms with E-state index in [9.17, 15) is 10.1 Å². The lowest BCUT2D eigenvalue weighted by Gasteiger charge is -2.14. The van der Waals surface area contributed by atoms with E-state index in [4.69, 9.17) is 13.9 Å². The zero-order valence-electron chi connectivity index (χ0n) is 17.4. The highest BCUT2D eigenvalue weighted by molar-refractivity contribution is 6.07. The van der Waals surface area contributed by atoms with Crippen molar-refractivity contribution in [3.63, 3.8) is 0 Å². The number of hydrogen-bond donors (Lipinski definition) is 1. The summed E-state index contributed by atoms with van der Waals surface area (Å²) in [5, 5.41) is 12.5. The van der Waals surface area contributed by atoms with Gasteiger partial charge in [-0.2, -0.15) is 5.26 Å². The number of furan rings is 1. The number of rotatable bonds is 9. The van der Waals surface area contributed by atoms with Gasteiger partial charge in [0.15, 0.2) is 11.5 Å². The molecule has 0 saturated carbocycles. The fourth-order valence-electron chi connectivity index (χ4n) is 2.99. The van der Waals surface area contributed by atoms with Crippen LogP contribution in [0.25, 0.3) is 5.88 Å². The van der Waals surface area contributed by atoms with E-state index >= 15 is 0 Å². The Morgan fingerprint density at radius 3 is 2.43 bits per heavy atom. The second-order valence-electron chi connectivity index (χ2n) is 6.73. The molecule has 3 aromatic rings. The van der Waals surface area contributed by atoms with Gasteiger partial charge in [0.05, 0.1) is 13.2 Å². The lowest BCUT2D eigenvalue weighted by atomic mass is 10.1. The fourth-order valence-corrected chi connectivity index (χ4v) is 2.99. The summed E-state index contributed by atoms with van der Waals surface area (Å²) in [5.41, 5.74) is 0.942. The summed E-state index contributed by atoms with van der Waals surface area (Å²) in [6.45, 7) is 6.84. The zero-order chi connectivity index (χ0) is 21.5. The Morgan fingerprint density at radius 1 is 1.13 bits per heavy atom. The molecule has 1 amide bonds. The molecule has 1 N–H and O–H groups in total. The van der Waals surface area contributed by atoms with Gasteiger partial charge < -0.3 is 19.2 Å². The van der Waals surface area contributed by atoms with Crippen molar-refractivity contribution in [1.82, 2.24) is 4.57 Å². The number of anilines is 1. The van der Waals surface area contributed by atoms with Crippen molar-refractivity contribution < 1.29 is 18.7 Å². The molecule has 2 heterocycles. The molecule has 0 aliphatic heterocycles. The quantitative estimate of drug-likeness (QED) is 0.534. The number of nitrogens with zero attached hydrogens (tertiary/aromatic N) is 2. The standard InChI is InChI=1S/C23H25N3O4/c1-4-12-28-19-9-8-17(14-20(19)29-13-5-2)25-22(27)21-16(3)30-23(18(21)15-24)26-10-6-7-11-26/h6-11,14H,4-5,12-13H2,1-3H3,(H,25,27). The number of ether oxygens (including phenoxy) is 2. The smallest absolute Gasteiger partial charge is 0.260 e. The van der Waals surface area contributed by atoms with Gasteiger partial charge in [-0.3, -0.25) is 9.36 Å². The maximum atomic E-state index is 13.0. The molecule has 0 spiro atoms. The van der Waals surface area contributed by atoms with Crippen LogP contribution in [0.15, 0.2) is 47.1 Å².